The van der Waals surface area contributed by atoms with Crippen molar-refractivity contribution < 1.29 is 14.6 Å². The Hall–Kier alpha value is -3.65. The van der Waals surface area contributed by atoms with Crippen molar-refractivity contribution in [3.05, 3.63) is 55.0 Å². The number of rotatable bonds is 9. The van der Waals surface area contributed by atoms with Crippen LogP contribution in [0, 0.1) is 5.92 Å². The largest absolute Gasteiger partial charge is 0.497 e. The Morgan fingerprint density at radius 3 is 2.69 bits per heavy atom. The van der Waals surface area contributed by atoms with E-state index in [-0.39, 0.29) is 13.2 Å². The molecule has 0 spiro atoms. The number of methoxy groups -OCH3 is 1. The molecule has 0 saturated heterocycles. The fourth-order valence-corrected chi connectivity index (χ4v) is 3.69. The van der Waals surface area contributed by atoms with E-state index in [1.807, 2.05) is 30.5 Å². The van der Waals surface area contributed by atoms with Gasteiger partial charge < -0.3 is 19.5 Å². The summed E-state index contributed by atoms with van der Waals surface area (Å²) in [6.45, 7) is 1.09. The van der Waals surface area contributed by atoms with Gasteiger partial charge in [0.1, 0.15) is 18.1 Å². The Labute approximate surface area is 185 Å². The van der Waals surface area contributed by atoms with Gasteiger partial charge in [-0.15, -0.1) is 0 Å². The van der Waals surface area contributed by atoms with Crippen molar-refractivity contribution in [1.82, 2.24) is 20.2 Å². The molecule has 1 aliphatic rings. The Bertz CT molecular complexity index is 1210. The van der Waals surface area contributed by atoms with Crippen LogP contribution in [0.1, 0.15) is 12.8 Å². The lowest BCUT2D eigenvalue weighted by Crippen LogP contribution is -2.20. The molecule has 2 heterocycles. The van der Waals surface area contributed by atoms with Crippen LogP contribution in [0.15, 0.2) is 55.0 Å². The zero-order valence-corrected chi connectivity index (χ0v) is 17.9. The Morgan fingerprint density at radius 2 is 1.94 bits per heavy atom. The Balaban J connectivity index is 1.55. The number of hydrogen-bond acceptors (Lipinski definition) is 7. The van der Waals surface area contributed by atoms with E-state index in [1.165, 1.54) is 12.8 Å². The van der Waals surface area contributed by atoms with Gasteiger partial charge in [-0.25, -0.2) is 4.98 Å². The minimum absolute atomic E-state index is 0.0410. The van der Waals surface area contributed by atoms with Crippen molar-refractivity contribution in [2.75, 3.05) is 31.8 Å². The third-order valence-electron chi connectivity index (χ3n) is 5.54. The number of nitrogens with one attached hydrogen (secondary N) is 1. The highest BCUT2D eigenvalue weighted by Crippen LogP contribution is 2.38. The van der Waals surface area contributed by atoms with E-state index >= 15 is 0 Å². The van der Waals surface area contributed by atoms with E-state index in [0.717, 1.165) is 40.2 Å². The second-order valence-electron chi connectivity index (χ2n) is 7.91. The number of aromatic nitrogens is 4. The smallest absolute Gasteiger partial charge is 0.125 e. The van der Waals surface area contributed by atoms with Gasteiger partial charge in [0, 0.05) is 47.9 Å². The third kappa shape index (κ3) is 4.36. The second kappa shape index (κ2) is 8.84. The molecule has 0 aliphatic heterocycles. The summed E-state index contributed by atoms with van der Waals surface area (Å²) in [7, 11) is 1.64. The van der Waals surface area contributed by atoms with E-state index in [1.54, 1.807) is 19.5 Å². The molecule has 8 nitrogen and oxygen atoms in total. The maximum Gasteiger partial charge on any atom is 0.125 e. The van der Waals surface area contributed by atoms with Crippen LogP contribution >= 0.6 is 0 Å². The summed E-state index contributed by atoms with van der Waals surface area (Å²) in [5.74, 6) is 2.03. The van der Waals surface area contributed by atoms with E-state index in [4.69, 9.17) is 19.6 Å². The minimum Gasteiger partial charge on any atom is -0.497 e. The first-order valence-corrected chi connectivity index (χ1v) is 10.7. The number of aromatic amines is 1. The van der Waals surface area contributed by atoms with Gasteiger partial charge in [-0.05, 0) is 37.0 Å². The molecular weight excluding hydrogens is 406 g/mol. The topological polar surface area (TPSA) is 96.4 Å². The first kappa shape index (κ1) is 20.3. The van der Waals surface area contributed by atoms with Gasteiger partial charge in [0.15, 0.2) is 0 Å². The molecule has 164 valence electrons. The van der Waals surface area contributed by atoms with Crippen molar-refractivity contribution >= 4 is 22.4 Å². The number of anilines is 2. The van der Waals surface area contributed by atoms with Gasteiger partial charge in [-0.2, -0.15) is 5.10 Å². The molecule has 2 N–H and O–H groups in total. The number of H-pyrrole nitrogens is 1. The Morgan fingerprint density at radius 1 is 1.06 bits per heavy atom. The van der Waals surface area contributed by atoms with E-state index in [0.29, 0.717) is 17.4 Å². The molecule has 2 aromatic heterocycles. The SMILES string of the molecule is COc1cc(OCCO)cc(N(CC2CC2)c2ccc3ncc(-c4cn[nH]c4)nc3c2)c1. The normalized spacial score (nSPS) is 13.3. The highest BCUT2D eigenvalue weighted by Gasteiger charge is 2.26. The molecule has 0 atom stereocenters. The van der Waals surface area contributed by atoms with Crippen molar-refractivity contribution in [3.8, 4) is 22.8 Å². The average molecular weight is 431 g/mol. The van der Waals surface area contributed by atoms with Gasteiger partial charge in [0.05, 0.1) is 42.8 Å². The number of benzene rings is 2. The van der Waals surface area contributed by atoms with Crippen LogP contribution in [0.25, 0.3) is 22.3 Å². The zero-order valence-electron chi connectivity index (χ0n) is 17.9. The molecule has 0 amide bonds. The van der Waals surface area contributed by atoms with Crippen LogP contribution in [0.2, 0.25) is 0 Å². The lowest BCUT2D eigenvalue weighted by molar-refractivity contribution is 0.201. The molecule has 1 fully saturated rings. The van der Waals surface area contributed by atoms with Gasteiger partial charge in [-0.3, -0.25) is 10.1 Å². The van der Waals surface area contributed by atoms with E-state index in [9.17, 15) is 0 Å². The highest BCUT2D eigenvalue weighted by atomic mass is 16.5. The number of aliphatic hydroxyl groups excluding tert-OH is 1. The average Bonchev–Trinajstić information content (AvgIpc) is 3.49. The van der Waals surface area contributed by atoms with Gasteiger partial charge in [0.25, 0.3) is 0 Å². The van der Waals surface area contributed by atoms with Crippen LogP contribution in [0.3, 0.4) is 0 Å². The number of fused-ring (bicyclic) bond motifs is 1. The summed E-state index contributed by atoms with van der Waals surface area (Å²) in [5.41, 5.74) is 5.34. The summed E-state index contributed by atoms with van der Waals surface area (Å²) in [6, 6.07) is 12.0. The fourth-order valence-electron chi connectivity index (χ4n) is 3.69. The number of hydrogen-bond donors (Lipinski definition) is 2. The molecule has 0 bridgehead atoms. The first-order valence-electron chi connectivity index (χ1n) is 10.7. The van der Waals surface area contributed by atoms with Crippen LogP contribution in [-0.4, -0.2) is 52.1 Å². The lowest BCUT2D eigenvalue weighted by Gasteiger charge is -2.26. The van der Waals surface area contributed by atoms with Gasteiger partial charge in [-0.1, -0.05) is 0 Å². The molecule has 0 radical (unpaired) electrons. The summed E-state index contributed by atoms with van der Waals surface area (Å²) < 4.78 is 11.2. The van der Waals surface area contributed by atoms with E-state index in [2.05, 4.69) is 32.2 Å². The maximum atomic E-state index is 9.14. The lowest BCUT2D eigenvalue weighted by atomic mass is 10.1. The van der Waals surface area contributed by atoms with Crippen molar-refractivity contribution in [1.29, 1.82) is 0 Å². The number of ether oxygens (including phenoxy) is 2. The molecule has 32 heavy (non-hydrogen) atoms. The standard InChI is InChI=1S/C24H25N5O3/c1-31-20-8-19(9-21(11-20)32-7-6-30)29(15-16-2-3-16)18-4-5-22-23(10-18)28-24(14-25-22)17-12-26-27-13-17/h4-5,8-14,16,30H,2-3,6-7,15H2,1H3,(H,26,27). The number of aliphatic hydroxyl groups is 1. The Kier molecular flexibility index (Phi) is 5.60. The maximum absolute atomic E-state index is 9.14. The van der Waals surface area contributed by atoms with Crippen LogP contribution < -0.4 is 14.4 Å². The van der Waals surface area contributed by atoms with Gasteiger partial charge >= 0.3 is 0 Å². The third-order valence-corrected chi connectivity index (χ3v) is 5.54. The molecule has 8 heteroatoms. The monoisotopic (exact) mass is 431 g/mol. The summed E-state index contributed by atoms with van der Waals surface area (Å²) in [5, 5.41) is 16.0. The summed E-state index contributed by atoms with van der Waals surface area (Å²) >= 11 is 0. The van der Waals surface area contributed by atoms with Crippen molar-refractivity contribution in [3.63, 3.8) is 0 Å². The van der Waals surface area contributed by atoms with E-state index < -0.39 is 0 Å². The molecular formula is C24H25N5O3. The molecule has 0 unspecified atom stereocenters. The quantitative estimate of drug-likeness (QED) is 0.414. The highest BCUT2D eigenvalue weighted by molar-refractivity contribution is 5.82. The van der Waals surface area contributed by atoms with Crippen LogP contribution in [0.5, 0.6) is 11.5 Å². The molecule has 5 rings (SSSR count). The molecule has 1 aliphatic carbocycles. The van der Waals surface area contributed by atoms with Crippen molar-refractivity contribution in [2.45, 2.75) is 12.8 Å². The predicted octanol–water partition coefficient (Wildman–Crippen LogP) is 3.95. The van der Waals surface area contributed by atoms with Crippen molar-refractivity contribution in [2.24, 2.45) is 5.92 Å². The van der Waals surface area contributed by atoms with Crippen LogP contribution in [-0.2, 0) is 0 Å². The second-order valence-corrected chi connectivity index (χ2v) is 7.91. The zero-order chi connectivity index (χ0) is 21.9. The summed E-state index contributed by atoms with van der Waals surface area (Å²) in [4.78, 5) is 11.7. The molecule has 2 aromatic carbocycles. The minimum atomic E-state index is -0.0410. The molecule has 1 saturated carbocycles. The molecule has 4 aromatic rings. The summed E-state index contributed by atoms with van der Waals surface area (Å²) in [6.07, 6.45) is 7.77. The number of nitrogens with zero attached hydrogens (tertiary/aromatic N) is 4. The first-order chi connectivity index (χ1) is 15.7. The van der Waals surface area contributed by atoms with Gasteiger partial charge in [0.2, 0.25) is 0 Å². The predicted molar refractivity (Wildman–Crippen MR) is 122 cm³/mol. The fraction of sp³-hybridized carbons (Fsp3) is 0.292. The van der Waals surface area contributed by atoms with Crippen LogP contribution in [0.4, 0.5) is 11.4 Å².